The second-order valence-corrected chi connectivity index (χ2v) is 8.00. The average Bonchev–Trinajstić information content (AvgIpc) is 3.25. The van der Waals surface area contributed by atoms with E-state index in [1.54, 1.807) is 35.2 Å². The van der Waals surface area contributed by atoms with Crippen LogP contribution < -0.4 is 14.8 Å². The van der Waals surface area contributed by atoms with Crippen LogP contribution in [0.2, 0.25) is 0 Å². The number of ketones is 1. The molecule has 0 saturated carbocycles. The lowest BCUT2D eigenvalue weighted by molar-refractivity contribution is -0.134. The van der Waals surface area contributed by atoms with E-state index >= 15 is 0 Å². The summed E-state index contributed by atoms with van der Waals surface area (Å²) >= 11 is 0. The molecule has 2 aliphatic rings. The lowest BCUT2D eigenvalue weighted by atomic mass is 9.95. The van der Waals surface area contributed by atoms with Crippen LogP contribution in [0.3, 0.4) is 0 Å². The first-order valence-corrected chi connectivity index (χ1v) is 10.6. The van der Waals surface area contributed by atoms with E-state index in [1.807, 2.05) is 19.1 Å². The summed E-state index contributed by atoms with van der Waals surface area (Å²) < 4.78 is 10.6. The normalized spacial score (nSPS) is 15.6. The molecule has 1 saturated heterocycles. The van der Waals surface area contributed by atoms with Gasteiger partial charge >= 0.3 is 0 Å². The third-order valence-electron chi connectivity index (χ3n) is 5.80. The van der Waals surface area contributed by atoms with Crippen molar-refractivity contribution in [2.75, 3.05) is 25.2 Å². The number of carbonyl (C=O) groups excluding carboxylic acids is 3. The lowest BCUT2D eigenvalue weighted by Gasteiger charge is -2.31. The minimum atomic E-state index is -0.149. The first-order valence-electron chi connectivity index (χ1n) is 10.6. The number of likely N-dealkylation sites (tertiary alicyclic amines) is 1. The molecule has 0 atom stereocenters. The maximum Gasteiger partial charge on any atom is 0.231 e. The Balaban J connectivity index is 1.22. The molecule has 0 bridgehead atoms. The Morgan fingerprint density at radius 3 is 2.42 bits per heavy atom. The first-order chi connectivity index (χ1) is 15.0. The highest BCUT2D eigenvalue weighted by Crippen LogP contribution is 2.34. The van der Waals surface area contributed by atoms with Crippen molar-refractivity contribution >= 4 is 23.3 Å². The summed E-state index contributed by atoms with van der Waals surface area (Å²) in [5.41, 5.74) is 2.40. The molecule has 162 valence electrons. The predicted molar refractivity (Wildman–Crippen MR) is 115 cm³/mol. The molecule has 0 radical (unpaired) electrons. The number of Topliss-reactive ketones (excluding diaryl/α,β-unsaturated/α-hetero) is 1. The maximum absolute atomic E-state index is 12.6. The molecule has 2 aromatic carbocycles. The summed E-state index contributed by atoms with van der Waals surface area (Å²) in [7, 11) is 0. The number of piperidine rings is 1. The number of amides is 2. The summed E-state index contributed by atoms with van der Waals surface area (Å²) in [6.45, 7) is 3.21. The van der Waals surface area contributed by atoms with Gasteiger partial charge in [0.1, 0.15) is 0 Å². The number of nitrogens with zero attached hydrogens (tertiary/aromatic N) is 1. The molecule has 0 aromatic heterocycles. The fourth-order valence-corrected chi connectivity index (χ4v) is 3.87. The molecule has 0 spiro atoms. The molecule has 2 amide bonds. The lowest BCUT2D eigenvalue weighted by Crippen LogP contribution is -2.41. The quantitative estimate of drug-likeness (QED) is 0.720. The number of rotatable bonds is 6. The van der Waals surface area contributed by atoms with Crippen molar-refractivity contribution in [1.29, 1.82) is 0 Å². The molecule has 4 rings (SSSR count). The third-order valence-corrected chi connectivity index (χ3v) is 5.80. The average molecular weight is 422 g/mol. The molecule has 7 heteroatoms. The van der Waals surface area contributed by atoms with Crippen LogP contribution >= 0.6 is 0 Å². The van der Waals surface area contributed by atoms with E-state index < -0.39 is 0 Å². The van der Waals surface area contributed by atoms with Crippen LogP contribution in [0, 0.1) is 12.8 Å². The van der Waals surface area contributed by atoms with Crippen LogP contribution in [-0.2, 0) is 9.59 Å². The van der Waals surface area contributed by atoms with E-state index in [0.29, 0.717) is 48.7 Å². The Labute approximate surface area is 181 Å². The monoisotopic (exact) mass is 422 g/mol. The van der Waals surface area contributed by atoms with Crippen LogP contribution in [0.1, 0.15) is 41.6 Å². The van der Waals surface area contributed by atoms with Gasteiger partial charge in [-0.3, -0.25) is 14.4 Å². The second-order valence-electron chi connectivity index (χ2n) is 8.00. The van der Waals surface area contributed by atoms with Crippen molar-refractivity contribution < 1.29 is 23.9 Å². The van der Waals surface area contributed by atoms with E-state index in [1.165, 1.54) is 0 Å². The summed E-state index contributed by atoms with van der Waals surface area (Å²) in [6, 6.07) is 12.7. The van der Waals surface area contributed by atoms with Crippen molar-refractivity contribution in [2.24, 2.45) is 5.92 Å². The minimum Gasteiger partial charge on any atom is -0.454 e. The van der Waals surface area contributed by atoms with Gasteiger partial charge in [0.05, 0.1) is 0 Å². The maximum atomic E-state index is 12.6. The van der Waals surface area contributed by atoms with Crippen molar-refractivity contribution in [2.45, 2.75) is 32.6 Å². The molecular formula is C24H26N2O5. The number of nitrogens with one attached hydrogen (secondary N) is 1. The molecule has 1 fully saturated rings. The van der Waals surface area contributed by atoms with Crippen LogP contribution in [0.15, 0.2) is 42.5 Å². The van der Waals surface area contributed by atoms with Gasteiger partial charge in [-0.15, -0.1) is 0 Å². The number of aryl methyl sites for hydroxylation is 1. The zero-order valence-corrected chi connectivity index (χ0v) is 17.6. The van der Waals surface area contributed by atoms with Gasteiger partial charge in [0.15, 0.2) is 17.3 Å². The van der Waals surface area contributed by atoms with Gasteiger partial charge in [-0.25, -0.2) is 0 Å². The highest BCUT2D eigenvalue weighted by Gasteiger charge is 2.28. The summed E-state index contributed by atoms with van der Waals surface area (Å²) in [6.07, 6.45) is 1.61. The fraction of sp³-hybridized carbons (Fsp3) is 0.375. The van der Waals surface area contributed by atoms with E-state index in [9.17, 15) is 14.4 Å². The van der Waals surface area contributed by atoms with Gasteiger partial charge in [-0.05, 0) is 31.9 Å². The van der Waals surface area contributed by atoms with E-state index in [0.717, 1.165) is 5.56 Å². The Kier molecular flexibility index (Phi) is 6.21. The van der Waals surface area contributed by atoms with Gasteiger partial charge in [0, 0.05) is 49.2 Å². The van der Waals surface area contributed by atoms with Gasteiger partial charge in [0.25, 0.3) is 0 Å². The minimum absolute atomic E-state index is 0.0219. The summed E-state index contributed by atoms with van der Waals surface area (Å²) in [5, 5.41) is 2.92. The topological polar surface area (TPSA) is 84.9 Å². The summed E-state index contributed by atoms with van der Waals surface area (Å²) in [5.74, 6) is 1.04. The van der Waals surface area contributed by atoms with Gasteiger partial charge in [-0.1, -0.05) is 29.8 Å². The largest absolute Gasteiger partial charge is 0.454 e. The van der Waals surface area contributed by atoms with Crippen molar-refractivity contribution in [3.8, 4) is 11.5 Å². The van der Waals surface area contributed by atoms with Crippen LogP contribution in [0.4, 0.5) is 5.69 Å². The van der Waals surface area contributed by atoms with E-state index in [2.05, 4.69) is 5.32 Å². The second kappa shape index (κ2) is 9.20. The zero-order valence-electron chi connectivity index (χ0n) is 17.6. The number of fused-ring (bicyclic) bond motifs is 1. The molecule has 2 heterocycles. The standard InChI is InChI=1S/C24H26N2O5/c1-16-2-4-17(5-3-16)20(27)7-9-23(28)26-12-10-18(11-13-26)24(29)25-19-6-8-21-22(14-19)31-15-30-21/h2-6,8,14,18H,7,9-13,15H2,1H3,(H,25,29). The van der Waals surface area contributed by atoms with Gasteiger partial charge in [-0.2, -0.15) is 0 Å². The molecule has 2 aliphatic heterocycles. The number of carbonyl (C=O) groups is 3. The zero-order chi connectivity index (χ0) is 21.8. The Morgan fingerprint density at radius 1 is 0.968 bits per heavy atom. The van der Waals surface area contributed by atoms with Crippen molar-refractivity contribution in [1.82, 2.24) is 4.90 Å². The smallest absolute Gasteiger partial charge is 0.231 e. The highest BCUT2D eigenvalue weighted by atomic mass is 16.7. The van der Waals surface area contributed by atoms with Gasteiger partial charge in [0.2, 0.25) is 18.6 Å². The molecule has 1 N–H and O–H groups in total. The van der Waals surface area contributed by atoms with E-state index in [4.69, 9.17) is 9.47 Å². The van der Waals surface area contributed by atoms with Crippen LogP contribution in [0.25, 0.3) is 0 Å². The molecule has 0 aliphatic carbocycles. The molecular weight excluding hydrogens is 396 g/mol. The van der Waals surface area contributed by atoms with Crippen molar-refractivity contribution in [3.05, 3.63) is 53.6 Å². The van der Waals surface area contributed by atoms with E-state index in [-0.39, 0.29) is 43.2 Å². The molecule has 7 nitrogen and oxygen atoms in total. The number of ether oxygens (including phenoxy) is 2. The molecule has 31 heavy (non-hydrogen) atoms. The number of benzene rings is 2. The van der Waals surface area contributed by atoms with Gasteiger partial charge < -0.3 is 19.7 Å². The van der Waals surface area contributed by atoms with Crippen LogP contribution in [-0.4, -0.2) is 42.4 Å². The number of anilines is 1. The van der Waals surface area contributed by atoms with Crippen molar-refractivity contribution in [3.63, 3.8) is 0 Å². The highest BCUT2D eigenvalue weighted by molar-refractivity contribution is 5.98. The molecule has 2 aromatic rings. The molecule has 0 unspecified atom stereocenters. The fourth-order valence-electron chi connectivity index (χ4n) is 3.87. The predicted octanol–water partition coefficient (Wildman–Crippen LogP) is 3.56. The summed E-state index contributed by atoms with van der Waals surface area (Å²) in [4.78, 5) is 39.2. The number of hydrogen-bond acceptors (Lipinski definition) is 5. The first kappa shape index (κ1) is 20.9. The van der Waals surface area contributed by atoms with Crippen LogP contribution in [0.5, 0.6) is 11.5 Å². The Bertz CT molecular complexity index is 978. The Morgan fingerprint density at radius 2 is 1.68 bits per heavy atom. The Hall–Kier alpha value is -3.35. The SMILES string of the molecule is Cc1ccc(C(=O)CCC(=O)N2CCC(C(=O)Nc3ccc4c(c3)OCO4)CC2)cc1. The third kappa shape index (κ3) is 5.05. The number of hydrogen-bond donors (Lipinski definition) is 1.